The lowest BCUT2D eigenvalue weighted by Gasteiger charge is -2.25. The summed E-state index contributed by atoms with van der Waals surface area (Å²) in [5.41, 5.74) is 8.33. The van der Waals surface area contributed by atoms with Gasteiger partial charge in [-0.3, -0.25) is 4.79 Å². The maximum atomic E-state index is 12.0. The molecule has 1 aliphatic heterocycles. The number of anilines is 1. The zero-order valence-corrected chi connectivity index (χ0v) is 21.2. The normalized spacial score (nSPS) is 16.4. The molecular weight excluding hydrogens is 460 g/mol. The number of amides is 1. The summed E-state index contributed by atoms with van der Waals surface area (Å²) >= 11 is 0. The van der Waals surface area contributed by atoms with E-state index in [1.165, 1.54) is 6.92 Å². The molecule has 1 aliphatic rings. The first-order valence-electron chi connectivity index (χ1n) is 12.5. The van der Waals surface area contributed by atoms with Crippen molar-refractivity contribution in [3.63, 3.8) is 0 Å². The van der Waals surface area contributed by atoms with Crippen LogP contribution in [0, 0.1) is 6.92 Å². The molecule has 1 unspecified atom stereocenters. The van der Waals surface area contributed by atoms with Crippen LogP contribution in [0.1, 0.15) is 30.9 Å². The van der Waals surface area contributed by atoms with Crippen molar-refractivity contribution in [3.8, 4) is 28.0 Å². The lowest BCUT2D eigenvalue weighted by atomic mass is 9.89. The molecular formula is C32H28N2O3. The summed E-state index contributed by atoms with van der Waals surface area (Å²) in [5.74, 6) is 1.25. The number of fused-ring (bicyclic) bond motifs is 2. The summed E-state index contributed by atoms with van der Waals surface area (Å²) in [5, 5.41) is 2.99. The van der Waals surface area contributed by atoms with Gasteiger partial charge in [-0.15, -0.1) is 0 Å². The zero-order valence-electron chi connectivity index (χ0n) is 21.2. The molecule has 1 N–H and O–H groups in total. The lowest BCUT2D eigenvalue weighted by Crippen LogP contribution is -2.33. The van der Waals surface area contributed by atoms with Crippen molar-refractivity contribution >= 4 is 22.7 Å². The Hall–Kier alpha value is -4.38. The standard InChI is InChI=1S/C32H28N2O3/c1-20(35)33-29-17-25(23-12-8-5-9-13-23)15-27-19-32(3,37-31(27)29)18-26-14-24(22-10-6-4-7-11-22)16-28-30(26)36-21(2)34-28/h4-17H,18-19H2,1-3H3,(H,33,35). The maximum absolute atomic E-state index is 12.0. The quantitative estimate of drug-likeness (QED) is 0.281. The van der Waals surface area contributed by atoms with Gasteiger partial charge >= 0.3 is 0 Å². The number of hydrogen-bond donors (Lipinski definition) is 1. The van der Waals surface area contributed by atoms with E-state index in [2.05, 4.69) is 59.7 Å². The first-order valence-corrected chi connectivity index (χ1v) is 12.5. The maximum Gasteiger partial charge on any atom is 0.221 e. The fraction of sp³-hybridized carbons (Fsp3) is 0.188. The van der Waals surface area contributed by atoms with Crippen LogP contribution >= 0.6 is 0 Å². The van der Waals surface area contributed by atoms with Crippen LogP contribution in [0.5, 0.6) is 5.75 Å². The van der Waals surface area contributed by atoms with Crippen LogP contribution in [0.4, 0.5) is 5.69 Å². The molecule has 0 radical (unpaired) electrons. The molecule has 6 rings (SSSR count). The monoisotopic (exact) mass is 488 g/mol. The second-order valence-corrected chi connectivity index (χ2v) is 10.0. The number of aryl methyl sites for hydroxylation is 1. The third-order valence-electron chi connectivity index (χ3n) is 6.84. The van der Waals surface area contributed by atoms with Gasteiger partial charge in [-0.25, -0.2) is 4.98 Å². The predicted octanol–water partition coefficient (Wildman–Crippen LogP) is 7.36. The molecule has 0 saturated carbocycles. The first-order chi connectivity index (χ1) is 17.9. The van der Waals surface area contributed by atoms with Gasteiger partial charge in [-0.1, -0.05) is 60.7 Å². The first kappa shape index (κ1) is 23.0. The van der Waals surface area contributed by atoms with Crippen molar-refractivity contribution < 1.29 is 13.9 Å². The summed E-state index contributed by atoms with van der Waals surface area (Å²) in [6.07, 6.45) is 1.34. The molecule has 0 spiro atoms. The Balaban J connectivity index is 1.40. The number of benzene rings is 4. The van der Waals surface area contributed by atoms with Gasteiger partial charge in [-0.05, 0) is 53.4 Å². The molecule has 0 saturated heterocycles. The van der Waals surface area contributed by atoms with Crippen molar-refractivity contribution in [2.45, 2.75) is 39.2 Å². The number of rotatable bonds is 5. The van der Waals surface area contributed by atoms with Crippen LogP contribution in [-0.4, -0.2) is 16.5 Å². The van der Waals surface area contributed by atoms with E-state index in [1.807, 2.05) is 49.4 Å². The minimum atomic E-state index is -0.520. The second kappa shape index (κ2) is 8.93. The molecule has 184 valence electrons. The largest absolute Gasteiger partial charge is 0.484 e. The van der Waals surface area contributed by atoms with E-state index < -0.39 is 5.60 Å². The Morgan fingerprint density at radius 3 is 2.22 bits per heavy atom. The van der Waals surface area contributed by atoms with Crippen molar-refractivity contribution in [1.82, 2.24) is 4.98 Å². The van der Waals surface area contributed by atoms with E-state index in [9.17, 15) is 4.79 Å². The molecule has 4 aromatic carbocycles. The fourth-order valence-corrected chi connectivity index (χ4v) is 5.35. The smallest absolute Gasteiger partial charge is 0.221 e. The zero-order chi connectivity index (χ0) is 25.6. The van der Waals surface area contributed by atoms with Crippen molar-refractivity contribution in [2.24, 2.45) is 0 Å². The number of hydrogen-bond acceptors (Lipinski definition) is 4. The molecule has 1 atom stereocenters. The summed E-state index contributed by atoms with van der Waals surface area (Å²) in [4.78, 5) is 16.7. The Morgan fingerprint density at radius 2 is 1.57 bits per heavy atom. The highest BCUT2D eigenvalue weighted by atomic mass is 16.5. The van der Waals surface area contributed by atoms with Gasteiger partial charge in [-0.2, -0.15) is 0 Å². The second-order valence-electron chi connectivity index (χ2n) is 10.0. The van der Waals surface area contributed by atoms with Gasteiger partial charge in [0.15, 0.2) is 11.5 Å². The lowest BCUT2D eigenvalue weighted by molar-refractivity contribution is -0.114. The van der Waals surface area contributed by atoms with Gasteiger partial charge < -0.3 is 14.5 Å². The van der Waals surface area contributed by atoms with E-state index in [-0.39, 0.29) is 5.91 Å². The summed E-state index contributed by atoms with van der Waals surface area (Å²) < 4.78 is 12.7. The number of ether oxygens (including phenoxy) is 1. The molecule has 5 nitrogen and oxygen atoms in total. The summed E-state index contributed by atoms with van der Waals surface area (Å²) in [6, 6.07) is 28.9. The van der Waals surface area contributed by atoms with Crippen LogP contribution in [0.15, 0.2) is 89.3 Å². The Kier molecular flexibility index (Phi) is 5.56. The number of oxazole rings is 1. The molecule has 37 heavy (non-hydrogen) atoms. The highest BCUT2D eigenvalue weighted by molar-refractivity contribution is 5.92. The van der Waals surface area contributed by atoms with E-state index in [4.69, 9.17) is 9.15 Å². The van der Waals surface area contributed by atoms with Gasteiger partial charge in [0.2, 0.25) is 5.91 Å². The average molecular weight is 489 g/mol. The Labute approximate surface area is 216 Å². The van der Waals surface area contributed by atoms with Crippen LogP contribution in [-0.2, 0) is 17.6 Å². The highest BCUT2D eigenvalue weighted by Gasteiger charge is 2.38. The van der Waals surface area contributed by atoms with Crippen molar-refractivity contribution in [3.05, 3.63) is 102 Å². The number of aromatic nitrogens is 1. The van der Waals surface area contributed by atoms with Crippen molar-refractivity contribution in [2.75, 3.05) is 5.32 Å². The third kappa shape index (κ3) is 4.49. The predicted molar refractivity (Wildman–Crippen MR) is 147 cm³/mol. The topological polar surface area (TPSA) is 64.4 Å². The molecule has 5 heteroatoms. The van der Waals surface area contributed by atoms with E-state index >= 15 is 0 Å². The number of nitrogens with one attached hydrogen (secondary N) is 1. The van der Waals surface area contributed by atoms with Gasteiger partial charge in [0.1, 0.15) is 16.9 Å². The van der Waals surface area contributed by atoms with E-state index in [1.54, 1.807) is 0 Å². The summed E-state index contributed by atoms with van der Waals surface area (Å²) in [7, 11) is 0. The fourth-order valence-electron chi connectivity index (χ4n) is 5.35. The van der Waals surface area contributed by atoms with Gasteiger partial charge in [0.25, 0.3) is 0 Å². The highest BCUT2D eigenvalue weighted by Crippen LogP contribution is 2.45. The summed E-state index contributed by atoms with van der Waals surface area (Å²) in [6.45, 7) is 5.52. The van der Waals surface area contributed by atoms with Gasteiger partial charge in [0.05, 0.1) is 5.69 Å². The third-order valence-corrected chi connectivity index (χ3v) is 6.84. The van der Waals surface area contributed by atoms with Crippen molar-refractivity contribution in [1.29, 1.82) is 0 Å². The number of carbonyl (C=O) groups is 1. The number of carbonyl (C=O) groups excluding carboxylic acids is 1. The molecule has 0 bridgehead atoms. The molecule has 5 aromatic rings. The minimum Gasteiger partial charge on any atom is -0.484 e. The molecule has 0 aliphatic carbocycles. The molecule has 1 amide bonds. The molecule has 1 aromatic heterocycles. The van der Waals surface area contributed by atoms with Crippen LogP contribution in [0.2, 0.25) is 0 Å². The van der Waals surface area contributed by atoms with Crippen LogP contribution < -0.4 is 10.1 Å². The van der Waals surface area contributed by atoms with E-state index in [0.29, 0.717) is 24.4 Å². The molecule has 0 fully saturated rings. The SMILES string of the molecule is CC(=O)Nc1cc(-c2ccccc2)cc2c1OC(C)(Cc1cc(-c3ccccc3)cc3nc(C)oc13)C2. The van der Waals surface area contributed by atoms with Crippen LogP contribution in [0.3, 0.4) is 0 Å². The minimum absolute atomic E-state index is 0.126. The van der Waals surface area contributed by atoms with E-state index in [0.717, 1.165) is 50.2 Å². The number of nitrogens with zero attached hydrogens (tertiary/aromatic N) is 1. The van der Waals surface area contributed by atoms with Gasteiger partial charge in [0, 0.05) is 37.8 Å². The van der Waals surface area contributed by atoms with Crippen LogP contribution in [0.25, 0.3) is 33.4 Å². The molecule has 2 heterocycles. The Morgan fingerprint density at radius 1 is 0.919 bits per heavy atom. The Bertz CT molecular complexity index is 1620. The average Bonchev–Trinajstić information content (AvgIpc) is 3.43.